The molecule has 1 aromatic carbocycles. The molecule has 0 amide bonds. The van der Waals surface area contributed by atoms with Crippen molar-refractivity contribution in [2.45, 2.75) is 58.3 Å². The van der Waals surface area contributed by atoms with Crippen LogP contribution in [0.4, 0.5) is 0 Å². The minimum atomic E-state index is -0.0288. The molecule has 96 valence electrons. The molecular weight excluding hydrogens is 220 g/mol. The lowest BCUT2D eigenvalue weighted by molar-refractivity contribution is -0.126. The molecule has 0 aliphatic heterocycles. The maximum absolute atomic E-state index is 12.4. The van der Waals surface area contributed by atoms with Gasteiger partial charge in [0.2, 0.25) is 0 Å². The van der Waals surface area contributed by atoms with Crippen LogP contribution in [-0.2, 0) is 24.1 Å². The van der Waals surface area contributed by atoms with Crippen LogP contribution in [-0.4, -0.2) is 5.78 Å². The third-order valence-electron chi connectivity index (χ3n) is 4.91. The second-order valence-corrected chi connectivity index (χ2v) is 6.32. The highest BCUT2D eigenvalue weighted by Crippen LogP contribution is 2.39. The summed E-state index contributed by atoms with van der Waals surface area (Å²) in [6, 6.07) is 6.68. The fourth-order valence-electron chi connectivity index (χ4n) is 3.57. The van der Waals surface area contributed by atoms with E-state index < -0.39 is 0 Å². The molecule has 2 aliphatic rings. The van der Waals surface area contributed by atoms with E-state index in [4.69, 9.17) is 0 Å². The Bertz CT molecular complexity index is 466. The molecule has 0 radical (unpaired) electrons. The van der Waals surface area contributed by atoms with Gasteiger partial charge in [-0.25, -0.2) is 0 Å². The first-order chi connectivity index (χ1) is 8.67. The number of hydrogen-bond acceptors (Lipinski definition) is 1. The Balaban J connectivity index is 1.74. The van der Waals surface area contributed by atoms with Crippen LogP contribution in [0, 0.1) is 5.41 Å². The molecule has 3 rings (SSSR count). The van der Waals surface area contributed by atoms with Crippen LogP contribution in [0.15, 0.2) is 18.2 Å². The molecule has 1 fully saturated rings. The summed E-state index contributed by atoms with van der Waals surface area (Å²) in [5, 5.41) is 0. The fourth-order valence-corrected chi connectivity index (χ4v) is 3.57. The summed E-state index contributed by atoms with van der Waals surface area (Å²) in [6.45, 7) is 2.16. The van der Waals surface area contributed by atoms with E-state index in [0.29, 0.717) is 12.2 Å². The zero-order chi connectivity index (χ0) is 12.6. The second kappa shape index (κ2) is 4.53. The third-order valence-corrected chi connectivity index (χ3v) is 4.91. The van der Waals surface area contributed by atoms with Gasteiger partial charge in [-0.1, -0.05) is 38.0 Å². The van der Waals surface area contributed by atoms with Crippen molar-refractivity contribution in [2.75, 3.05) is 0 Å². The van der Waals surface area contributed by atoms with Crippen molar-refractivity contribution in [3.8, 4) is 0 Å². The normalized spacial score (nSPS) is 20.9. The molecule has 0 bridgehead atoms. The van der Waals surface area contributed by atoms with E-state index >= 15 is 0 Å². The van der Waals surface area contributed by atoms with Crippen LogP contribution in [0.3, 0.4) is 0 Å². The van der Waals surface area contributed by atoms with Crippen molar-refractivity contribution in [2.24, 2.45) is 5.41 Å². The van der Waals surface area contributed by atoms with Gasteiger partial charge >= 0.3 is 0 Å². The zero-order valence-corrected chi connectivity index (χ0v) is 11.3. The highest BCUT2D eigenvalue weighted by atomic mass is 16.1. The lowest BCUT2D eigenvalue weighted by atomic mass is 9.81. The van der Waals surface area contributed by atoms with Gasteiger partial charge < -0.3 is 0 Å². The first-order valence-corrected chi connectivity index (χ1v) is 7.31. The van der Waals surface area contributed by atoms with Gasteiger partial charge in [0.1, 0.15) is 5.78 Å². The number of ketones is 1. The van der Waals surface area contributed by atoms with E-state index in [-0.39, 0.29) is 5.41 Å². The quantitative estimate of drug-likeness (QED) is 0.786. The molecule has 1 nitrogen and oxygen atoms in total. The number of benzene rings is 1. The Hall–Kier alpha value is -1.11. The van der Waals surface area contributed by atoms with Gasteiger partial charge in [0, 0.05) is 11.8 Å². The maximum atomic E-state index is 12.4. The highest BCUT2D eigenvalue weighted by molar-refractivity contribution is 5.86. The van der Waals surface area contributed by atoms with Gasteiger partial charge in [-0.15, -0.1) is 0 Å². The van der Waals surface area contributed by atoms with Crippen molar-refractivity contribution in [1.29, 1.82) is 0 Å². The highest BCUT2D eigenvalue weighted by Gasteiger charge is 2.35. The SMILES string of the molecule is CC1(C(=O)Cc2ccc3c(c2)CCC3)CCCC1. The molecule has 18 heavy (non-hydrogen) atoms. The maximum Gasteiger partial charge on any atom is 0.143 e. The Morgan fingerprint density at radius 3 is 2.61 bits per heavy atom. The van der Waals surface area contributed by atoms with Gasteiger partial charge in [0.15, 0.2) is 0 Å². The van der Waals surface area contributed by atoms with Gasteiger partial charge in [-0.2, -0.15) is 0 Å². The number of aryl methyl sites for hydroxylation is 2. The Kier molecular flexibility index (Phi) is 3.01. The van der Waals surface area contributed by atoms with Crippen LogP contribution in [0.2, 0.25) is 0 Å². The number of rotatable bonds is 3. The zero-order valence-electron chi connectivity index (χ0n) is 11.3. The Labute approximate surface area is 110 Å². The molecule has 0 N–H and O–H groups in total. The molecule has 0 heterocycles. The van der Waals surface area contributed by atoms with E-state index in [2.05, 4.69) is 25.1 Å². The number of fused-ring (bicyclic) bond motifs is 1. The summed E-state index contributed by atoms with van der Waals surface area (Å²) in [5.74, 6) is 0.456. The predicted octanol–water partition coefficient (Wildman–Crippen LogP) is 3.87. The van der Waals surface area contributed by atoms with Crippen molar-refractivity contribution >= 4 is 5.78 Å². The minimum Gasteiger partial charge on any atom is -0.299 e. The van der Waals surface area contributed by atoms with Gasteiger partial charge in [-0.3, -0.25) is 4.79 Å². The molecule has 0 aromatic heterocycles. The molecule has 2 aliphatic carbocycles. The first-order valence-electron chi connectivity index (χ1n) is 7.31. The summed E-state index contributed by atoms with van der Waals surface area (Å²) in [5.41, 5.74) is 4.18. The van der Waals surface area contributed by atoms with Crippen LogP contribution < -0.4 is 0 Å². The van der Waals surface area contributed by atoms with E-state index in [9.17, 15) is 4.79 Å². The fraction of sp³-hybridized carbons (Fsp3) is 0.588. The van der Waals surface area contributed by atoms with Gasteiger partial charge in [-0.05, 0) is 48.8 Å². The third kappa shape index (κ3) is 2.11. The smallest absolute Gasteiger partial charge is 0.143 e. The summed E-state index contributed by atoms with van der Waals surface area (Å²) >= 11 is 0. The Morgan fingerprint density at radius 1 is 1.11 bits per heavy atom. The average Bonchev–Trinajstić information content (AvgIpc) is 2.98. The molecule has 0 saturated heterocycles. The average molecular weight is 242 g/mol. The van der Waals surface area contributed by atoms with Crippen molar-refractivity contribution in [3.05, 3.63) is 34.9 Å². The van der Waals surface area contributed by atoms with Crippen molar-refractivity contribution in [1.82, 2.24) is 0 Å². The van der Waals surface area contributed by atoms with E-state index in [1.165, 1.54) is 48.8 Å². The summed E-state index contributed by atoms with van der Waals surface area (Å²) in [4.78, 5) is 12.4. The largest absolute Gasteiger partial charge is 0.299 e. The molecule has 0 unspecified atom stereocenters. The summed E-state index contributed by atoms with van der Waals surface area (Å²) in [7, 11) is 0. The van der Waals surface area contributed by atoms with E-state index in [1.807, 2.05) is 0 Å². The monoisotopic (exact) mass is 242 g/mol. The lowest BCUT2D eigenvalue weighted by Crippen LogP contribution is -2.26. The number of carbonyl (C=O) groups is 1. The predicted molar refractivity (Wildman–Crippen MR) is 73.8 cm³/mol. The van der Waals surface area contributed by atoms with Crippen molar-refractivity contribution in [3.63, 3.8) is 0 Å². The molecule has 0 spiro atoms. The molecule has 1 aromatic rings. The van der Waals surface area contributed by atoms with Crippen LogP contribution in [0.25, 0.3) is 0 Å². The topological polar surface area (TPSA) is 17.1 Å². The summed E-state index contributed by atoms with van der Waals surface area (Å²) in [6.07, 6.45) is 9.00. The number of Topliss-reactive ketones (excluding diaryl/α,β-unsaturated/α-hetero) is 1. The van der Waals surface area contributed by atoms with Gasteiger partial charge in [0.25, 0.3) is 0 Å². The van der Waals surface area contributed by atoms with E-state index in [1.54, 1.807) is 0 Å². The van der Waals surface area contributed by atoms with Gasteiger partial charge in [0.05, 0.1) is 0 Å². The molecule has 0 atom stereocenters. The number of hydrogen-bond donors (Lipinski definition) is 0. The first kappa shape index (κ1) is 12.0. The minimum absolute atomic E-state index is 0.0288. The Morgan fingerprint density at radius 2 is 1.83 bits per heavy atom. The number of carbonyl (C=O) groups excluding carboxylic acids is 1. The van der Waals surface area contributed by atoms with Crippen LogP contribution in [0.5, 0.6) is 0 Å². The molecule has 1 heteroatoms. The molecular formula is C17H22O. The molecule has 1 saturated carbocycles. The van der Waals surface area contributed by atoms with Crippen LogP contribution in [0.1, 0.15) is 55.7 Å². The van der Waals surface area contributed by atoms with E-state index in [0.717, 1.165) is 12.8 Å². The standard InChI is InChI=1S/C17H22O/c1-17(9-2-3-10-17)16(18)12-13-7-8-14-5-4-6-15(14)11-13/h7-8,11H,2-6,9-10,12H2,1H3. The van der Waals surface area contributed by atoms with Crippen LogP contribution >= 0.6 is 0 Å². The summed E-state index contributed by atoms with van der Waals surface area (Å²) < 4.78 is 0. The lowest BCUT2D eigenvalue weighted by Gasteiger charge is -2.21. The second-order valence-electron chi connectivity index (χ2n) is 6.32. The van der Waals surface area contributed by atoms with Crippen molar-refractivity contribution < 1.29 is 4.79 Å².